The lowest BCUT2D eigenvalue weighted by Crippen LogP contribution is -2.64. The summed E-state index contributed by atoms with van der Waals surface area (Å²) in [6.07, 6.45) is -0.0225. The van der Waals surface area contributed by atoms with Gasteiger partial charge >= 0.3 is 5.97 Å². The number of benzene rings is 2. The van der Waals surface area contributed by atoms with Crippen LogP contribution in [0.5, 0.6) is 5.75 Å². The van der Waals surface area contributed by atoms with Crippen molar-refractivity contribution in [3.05, 3.63) is 46.0 Å². The van der Waals surface area contributed by atoms with Gasteiger partial charge in [-0.1, -0.05) is 17.7 Å². The molecule has 3 aromatic rings. The summed E-state index contributed by atoms with van der Waals surface area (Å²) >= 11 is 7.51. The molecule has 0 aliphatic carbocycles. The molecule has 2 fully saturated rings. The summed E-state index contributed by atoms with van der Waals surface area (Å²) in [5, 5.41) is 9.65. The van der Waals surface area contributed by atoms with Crippen LogP contribution in [0.25, 0.3) is 21.2 Å². The van der Waals surface area contributed by atoms with Gasteiger partial charge in [0.05, 0.1) is 26.8 Å². The van der Waals surface area contributed by atoms with Crippen LogP contribution in [0.2, 0.25) is 5.02 Å². The van der Waals surface area contributed by atoms with Crippen molar-refractivity contribution in [2.75, 3.05) is 18.9 Å². The van der Waals surface area contributed by atoms with E-state index in [9.17, 15) is 19.2 Å². The Labute approximate surface area is 200 Å². The number of nitrogens with zero attached hydrogens (tertiary/aromatic N) is 2. The van der Waals surface area contributed by atoms with Crippen molar-refractivity contribution < 1.29 is 27.8 Å². The molecule has 3 aliphatic rings. The van der Waals surface area contributed by atoms with Crippen molar-refractivity contribution in [2.45, 2.75) is 18.6 Å². The molecule has 2 aromatic carbocycles. The highest BCUT2D eigenvalue weighted by Gasteiger charge is 2.54. The quantitative estimate of drug-likeness (QED) is 0.503. The minimum atomic E-state index is -0.828. The van der Waals surface area contributed by atoms with Gasteiger partial charge in [0, 0.05) is 17.5 Å². The van der Waals surface area contributed by atoms with Gasteiger partial charge in [-0.15, -0.1) is 11.3 Å². The number of ether oxygens (including phenoxy) is 2. The Hall–Kier alpha value is -3.42. The van der Waals surface area contributed by atoms with Crippen molar-refractivity contribution in [2.24, 2.45) is 5.92 Å². The van der Waals surface area contributed by atoms with Gasteiger partial charge in [-0.05, 0) is 24.1 Å². The third kappa shape index (κ3) is 2.71. The van der Waals surface area contributed by atoms with Gasteiger partial charge in [-0.25, -0.2) is 8.78 Å². The highest BCUT2D eigenvalue weighted by molar-refractivity contribution is 7.23. The Balaban J connectivity index is 1.52. The number of esters is 1. The van der Waals surface area contributed by atoms with Crippen LogP contribution in [0, 0.1) is 28.9 Å². The molecule has 34 heavy (non-hydrogen) atoms. The summed E-state index contributed by atoms with van der Waals surface area (Å²) in [6, 6.07) is 4.94. The number of anilines is 1. The summed E-state index contributed by atoms with van der Waals surface area (Å²) in [5.41, 5.74) is 5.91. The van der Waals surface area contributed by atoms with Gasteiger partial charge in [0.15, 0.2) is 5.75 Å². The summed E-state index contributed by atoms with van der Waals surface area (Å²) in [4.78, 5) is 26.6. The zero-order chi connectivity index (χ0) is 23.9. The number of nitrogens with two attached hydrogens (primary N) is 1. The number of nitrogen functional groups attached to an aromatic ring is 1. The molecule has 3 aliphatic heterocycles. The maximum Gasteiger partial charge on any atom is 0.313 e. The number of hydrogen-bond donors (Lipinski definition) is 1. The number of amides is 1. The number of rotatable bonds is 1. The second kappa shape index (κ2) is 7.29. The van der Waals surface area contributed by atoms with Crippen molar-refractivity contribution >= 4 is 49.9 Å². The molecule has 3 atom stereocenters. The molecular weight excluding hydrogens is 488 g/mol. The van der Waals surface area contributed by atoms with Crippen LogP contribution in [-0.2, 0) is 9.53 Å². The minimum Gasteiger partial charge on any atom is -0.489 e. The second-order valence-electron chi connectivity index (χ2n) is 8.35. The number of carbonyl (C=O) groups is 2. The van der Waals surface area contributed by atoms with Crippen LogP contribution in [0.15, 0.2) is 18.2 Å². The van der Waals surface area contributed by atoms with E-state index in [1.165, 1.54) is 11.0 Å². The molecule has 0 saturated carbocycles. The first-order valence-electron chi connectivity index (χ1n) is 10.4. The van der Waals surface area contributed by atoms with Crippen LogP contribution >= 0.6 is 22.9 Å². The first-order chi connectivity index (χ1) is 16.3. The highest BCUT2D eigenvalue weighted by Crippen LogP contribution is 2.48. The zero-order valence-electron chi connectivity index (χ0n) is 17.2. The van der Waals surface area contributed by atoms with Gasteiger partial charge in [0.25, 0.3) is 5.91 Å². The Morgan fingerprint density at radius 1 is 1.24 bits per heavy atom. The molecule has 2 N–H and O–H groups in total. The fourth-order valence-electron chi connectivity index (χ4n) is 5.03. The molecule has 11 heteroatoms. The number of halogens is 3. The SMILES string of the molecule is N#Cc1c(N)sc2c(F)ccc(-c3c(F)cc4c(c3Cl)OCC3C5OC(=O)C5CCN3C4=O)c12. The molecule has 0 spiro atoms. The lowest BCUT2D eigenvalue weighted by molar-refractivity contribution is -0.200. The molecule has 0 bridgehead atoms. The number of hydrogen-bond acceptors (Lipinski definition) is 7. The number of thiophene rings is 1. The van der Waals surface area contributed by atoms with Crippen molar-refractivity contribution in [1.29, 1.82) is 5.26 Å². The summed E-state index contributed by atoms with van der Waals surface area (Å²) in [7, 11) is 0. The maximum atomic E-state index is 15.5. The highest BCUT2D eigenvalue weighted by atomic mass is 35.5. The first-order valence-corrected chi connectivity index (χ1v) is 11.6. The van der Waals surface area contributed by atoms with Crippen LogP contribution in [0.4, 0.5) is 13.8 Å². The minimum absolute atomic E-state index is 0.00561. The molecule has 3 unspecified atom stereocenters. The molecule has 6 rings (SSSR count). The Morgan fingerprint density at radius 3 is 2.76 bits per heavy atom. The smallest absolute Gasteiger partial charge is 0.313 e. The lowest BCUT2D eigenvalue weighted by Gasteiger charge is -2.48. The number of piperidine rings is 1. The van der Waals surface area contributed by atoms with E-state index in [0.717, 1.165) is 23.5 Å². The van der Waals surface area contributed by atoms with E-state index in [1.54, 1.807) is 0 Å². The van der Waals surface area contributed by atoms with E-state index in [2.05, 4.69) is 0 Å². The standard InChI is InChI=1S/C23H14ClF2N3O4S/c24-17-16(8-1-2-12(25)20-15(8)11(6-27)21(28)34-20)13(26)5-10-19(17)32-7-14-18-9(23(31)33-18)3-4-29(14)22(10)30/h1-2,5,9,14,18H,3-4,7,28H2. The Bertz CT molecular complexity index is 1480. The van der Waals surface area contributed by atoms with E-state index < -0.39 is 29.7 Å². The third-order valence-corrected chi connectivity index (χ3v) is 8.06. The largest absolute Gasteiger partial charge is 0.489 e. The van der Waals surface area contributed by atoms with E-state index >= 15 is 4.39 Å². The molecule has 4 heterocycles. The lowest BCUT2D eigenvalue weighted by atomic mass is 9.83. The average Bonchev–Trinajstić information content (AvgIpc) is 3.08. The summed E-state index contributed by atoms with van der Waals surface area (Å²) in [5.74, 6) is -2.51. The van der Waals surface area contributed by atoms with Crippen molar-refractivity contribution in [3.63, 3.8) is 0 Å². The topological polar surface area (TPSA) is 106 Å². The van der Waals surface area contributed by atoms with Crippen LogP contribution in [0.3, 0.4) is 0 Å². The third-order valence-electron chi connectivity index (χ3n) is 6.67. The molecule has 1 amide bonds. The van der Waals surface area contributed by atoms with Gasteiger partial charge in [-0.2, -0.15) is 5.26 Å². The monoisotopic (exact) mass is 501 g/mol. The van der Waals surface area contributed by atoms with E-state index in [1.807, 2.05) is 6.07 Å². The number of fused-ring (bicyclic) bond motifs is 5. The Morgan fingerprint density at radius 2 is 2.03 bits per heavy atom. The first kappa shape index (κ1) is 21.1. The second-order valence-corrected chi connectivity index (χ2v) is 9.78. The van der Waals surface area contributed by atoms with Crippen LogP contribution in [0.1, 0.15) is 22.3 Å². The van der Waals surface area contributed by atoms with Gasteiger partial charge in [0.2, 0.25) is 0 Å². The number of carbonyl (C=O) groups excluding carboxylic acids is 2. The molecule has 172 valence electrons. The predicted octanol–water partition coefficient (Wildman–Crippen LogP) is 4.10. The summed E-state index contributed by atoms with van der Waals surface area (Å²) < 4.78 is 41.3. The van der Waals surface area contributed by atoms with E-state index in [4.69, 9.17) is 26.8 Å². The van der Waals surface area contributed by atoms with Gasteiger partial charge < -0.3 is 20.1 Å². The average molecular weight is 502 g/mol. The van der Waals surface area contributed by atoms with Crippen LogP contribution < -0.4 is 10.5 Å². The van der Waals surface area contributed by atoms with E-state index in [0.29, 0.717) is 13.0 Å². The van der Waals surface area contributed by atoms with Crippen molar-refractivity contribution in [3.8, 4) is 22.9 Å². The summed E-state index contributed by atoms with van der Waals surface area (Å²) in [6.45, 7) is 0.313. The van der Waals surface area contributed by atoms with E-state index in [-0.39, 0.29) is 66.6 Å². The van der Waals surface area contributed by atoms with Crippen molar-refractivity contribution in [1.82, 2.24) is 4.90 Å². The molecular formula is C23H14ClF2N3O4S. The fraction of sp³-hybridized carbons (Fsp3) is 0.261. The van der Waals surface area contributed by atoms with Crippen LogP contribution in [-0.4, -0.2) is 42.1 Å². The number of nitriles is 1. The predicted molar refractivity (Wildman–Crippen MR) is 120 cm³/mol. The Kier molecular flexibility index (Phi) is 4.53. The fourth-order valence-corrected chi connectivity index (χ4v) is 6.33. The normalized spacial score (nSPS) is 23.1. The molecule has 7 nitrogen and oxygen atoms in total. The van der Waals surface area contributed by atoms with Gasteiger partial charge in [-0.3, -0.25) is 9.59 Å². The zero-order valence-corrected chi connectivity index (χ0v) is 18.8. The van der Waals surface area contributed by atoms with Gasteiger partial charge in [0.1, 0.15) is 41.5 Å². The molecule has 0 radical (unpaired) electrons. The molecule has 2 saturated heterocycles. The molecule has 1 aromatic heterocycles. The maximum absolute atomic E-state index is 15.5.